The molecule has 0 bridgehead atoms. The van der Waals surface area contributed by atoms with Gasteiger partial charge in [0, 0.05) is 25.2 Å². The average Bonchev–Trinajstić information content (AvgIpc) is 2.65. The molecule has 0 radical (unpaired) electrons. The molecule has 1 unspecified atom stereocenters. The maximum absolute atomic E-state index is 8.81. The Labute approximate surface area is 81.2 Å². The van der Waals surface area contributed by atoms with Gasteiger partial charge in [-0.1, -0.05) is 0 Å². The Bertz CT molecular complexity index is 267. The fourth-order valence-electron chi connectivity index (χ4n) is 0.871. The number of rotatable bonds is 5. The predicted molar refractivity (Wildman–Crippen MR) is 50.3 cm³/mol. The maximum Gasteiger partial charge on any atom is 0.148 e. The Hall–Kier alpha value is -0.960. The monoisotopic (exact) mass is 197 g/mol. The summed E-state index contributed by atoms with van der Waals surface area (Å²) in [7, 11) is 1.63. The van der Waals surface area contributed by atoms with Crippen molar-refractivity contribution in [3.63, 3.8) is 0 Å². The lowest BCUT2D eigenvalue weighted by molar-refractivity contribution is 0.198. The topological polar surface area (TPSA) is 57.9 Å². The molecule has 0 saturated heterocycles. The van der Waals surface area contributed by atoms with Gasteiger partial charge >= 0.3 is 0 Å². The van der Waals surface area contributed by atoms with Crippen molar-refractivity contribution in [2.24, 2.45) is 0 Å². The number of ether oxygens (including phenoxy) is 1. The van der Waals surface area contributed by atoms with E-state index in [1.54, 1.807) is 13.3 Å². The van der Waals surface area contributed by atoms with Crippen LogP contribution in [0.15, 0.2) is 11.6 Å². The number of nitrogens with one attached hydrogen (secondary N) is 1. The Morgan fingerprint density at radius 2 is 2.69 bits per heavy atom. The van der Waals surface area contributed by atoms with Crippen molar-refractivity contribution in [3.8, 4) is 6.07 Å². The van der Waals surface area contributed by atoms with Crippen molar-refractivity contribution < 1.29 is 4.74 Å². The van der Waals surface area contributed by atoms with Crippen LogP contribution in [0.4, 0.5) is 0 Å². The first kappa shape index (κ1) is 10.1. The van der Waals surface area contributed by atoms with Gasteiger partial charge in [0.1, 0.15) is 11.0 Å². The molecule has 13 heavy (non-hydrogen) atoms. The van der Waals surface area contributed by atoms with Crippen LogP contribution in [-0.4, -0.2) is 25.2 Å². The van der Waals surface area contributed by atoms with Gasteiger partial charge in [-0.3, -0.25) is 5.32 Å². The third-order valence-corrected chi connectivity index (χ3v) is 2.32. The van der Waals surface area contributed by atoms with E-state index in [4.69, 9.17) is 10.00 Å². The molecule has 1 heterocycles. The van der Waals surface area contributed by atoms with Crippen LogP contribution in [0.5, 0.6) is 0 Å². The standard InChI is InChI=1S/C8H11N3OS/c1-12-4-2-10-7(6-9)8-11-3-5-13-8/h3,5,7,10H,2,4H2,1H3. The summed E-state index contributed by atoms with van der Waals surface area (Å²) in [6, 6.07) is 1.83. The zero-order valence-corrected chi connectivity index (χ0v) is 8.17. The van der Waals surface area contributed by atoms with Crippen LogP contribution >= 0.6 is 11.3 Å². The molecule has 0 saturated carbocycles. The smallest absolute Gasteiger partial charge is 0.148 e. The molecule has 1 aromatic rings. The van der Waals surface area contributed by atoms with E-state index in [2.05, 4.69) is 16.4 Å². The molecular formula is C8H11N3OS. The van der Waals surface area contributed by atoms with E-state index in [0.29, 0.717) is 13.2 Å². The second-order valence-corrected chi connectivity index (χ2v) is 3.31. The molecule has 70 valence electrons. The van der Waals surface area contributed by atoms with E-state index >= 15 is 0 Å². The molecule has 5 heteroatoms. The summed E-state index contributed by atoms with van der Waals surface area (Å²) in [5.41, 5.74) is 0. The maximum atomic E-state index is 8.81. The zero-order chi connectivity index (χ0) is 9.52. The van der Waals surface area contributed by atoms with Gasteiger partial charge in [-0.15, -0.1) is 11.3 Å². The molecule has 0 aliphatic carbocycles. The quantitative estimate of drug-likeness (QED) is 0.714. The second kappa shape index (κ2) is 5.65. The zero-order valence-electron chi connectivity index (χ0n) is 7.36. The van der Waals surface area contributed by atoms with E-state index in [-0.39, 0.29) is 6.04 Å². The normalized spacial score (nSPS) is 12.3. The summed E-state index contributed by atoms with van der Waals surface area (Å²) in [4.78, 5) is 4.06. The predicted octanol–water partition coefficient (Wildman–Crippen LogP) is 0.944. The molecule has 0 aliphatic heterocycles. The Kier molecular flexibility index (Phi) is 4.40. The fraction of sp³-hybridized carbons (Fsp3) is 0.500. The summed E-state index contributed by atoms with van der Waals surface area (Å²) in [5.74, 6) is 0. The van der Waals surface area contributed by atoms with Gasteiger partial charge in [-0.25, -0.2) is 4.98 Å². The van der Waals surface area contributed by atoms with Gasteiger partial charge < -0.3 is 4.74 Å². The van der Waals surface area contributed by atoms with Gasteiger partial charge in [0.25, 0.3) is 0 Å². The average molecular weight is 197 g/mol. The molecular weight excluding hydrogens is 186 g/mol. The van der Waals surface area contributed by atoms with Gasteiger partial charge in [0.05, 0.1) is 12.7 Å². The second-order valence-electron chi connectivity index (χ2n) is 2.38. The van der Waals surface area contributed by atoms with E-state index in [0.717, 1.165) is 5.01 Å². The van der Waals surface area contributed by atoms with E-state index in [9.17, 15) is 0 Å². The number of hydrogen-bond acceptors (Lipinski definition) is 5. The summed E-state index contributed by atoms with van der Waals surface area (Å²) >= 11 is 1.48. The van der Waals surface area contributed by atoms with Gasteiger partial charge in [0.2, 0.25) is 0 Å². The molecule has 1 N–H and O–H groups in total. The van der Waals surface area contributed by atoms with Crippen LogP contribution < -0.4 is 5.32 Å². The Balaban J connectivity index is 2.41. The lowest BCUT2D eigenvalue weighted by Crippen LogP contribution is -2.23. The van der Waals surface area contributed by atoms with Crippen molar-refractivity contribution in [3.05, 3.63) is 16.6 Å². The summed E-state index contributed by atoms with van der Waals surface area (Å²) < 4.78 is 4.87. The molecule has 0 aliphatic rings. The lowest BCUT2D eigenvalue weighted by Gasteiger charge is -2.07. The van der Waals surface area contributed by atoms with E-state index < -0.39 is 0 Å². The van der Waals surface area contributed by atoms with E-state index in [1.165, 1.54) is 11.3 Å². The highest BCUT2D eigenvalue weighted by molar-refractivity contribution is 7.09. The van der Waals surface area contributed by atoms with Crippen LogP contribution in [0, 0.1) is 11.3 Å². The van der Waals surface area contributed by atoms with Crippen LogP contribution in [0.3, 0.4) is 0 Å². The molecule has 1 atom stereocenters. The van der Waals surface area contributed by atoms with E-state index in [1.807, 2.05) is 5.38 Å². The number of nitrogens with zero attached hydrogens (tertiary/aromatic N) is 2. The highest BCUT2D eigenvalue weighted by Crippen LogP contribution is 2.13. The highest BCUT2D eigenvalue weighted by atomic mass is 32.1. The lowest BCUT2D eigenvalue weighted by atomic mass is 10.3. The van der Waals surface area contributed by atoms with Crippen LogP contribution in [-0.2, 0) is 4.74 Å². The minimum Gasteiger partial charge on any atom is -0.383 e. The molecule has 4 nitrogen and oxygen atoms in total. The fourth-order valence-corrected chi connectivity index (χ4v) is 1.53. The first-order valence-electron chi connectivity index (χ1n) is 3.90. The van der Waals surface area contributed by atoms with Crippen molar-refractivity contribution in [2.75, 3.05) is 20.3 Å². The first-order valence-corrected chi connectivity index (χ1v) is 4.77. The largest absolute Gasteiger partial charge is 0.383 e. The molecule has 0 amide bonds. The van der Waals surface area contributed by atoms with Gasteiger partial charge in [-0.2, -0.15) is 5.26 Å². The molecule has 1 rings (SSSR count). The van der Waals surface area contributed by atoms with Crippen molar-refractivity contribution in [2.45, 2.75) is 6.04 Å². The van der Waals surface area contributed by atoms with Crippen molar-refractivity contribution >= 4 is 11.3 Å². The number of methoxy groups -OCH3 is 1. The third-order valence-electron chi connectivity index (χ3n) is 1.48. The van der Waals surface area contributed by atoms with Gasteiger partial charge in [0.15, 0.2) is 0 Å². The third kappa shape index (κ3) is 3.11. The number of thiazole rings is 1. The molecule has 0 fully saturated rings. The molecule has 1 aromatic heterocycles. The highest BCUT2D eigenvalue weighted by Gasteiger charge is 2.10. The minimum atomic E-state index is -0.310. The Morgan fingerprint density at radius 1 is 1.85 bits per heavy atom. The molecule has 0 aromatic carbocycles. The minimum absolute atomic E-state index is 0.310. The number of aromatic nitrogens is 1. The van der Waals surface area contributed by atoms with Crippen molar-refractivity contribution in [1.29, 1.82) is 5.26 Å². The van der Waals surface area contributed by atoms with Crippen LogP contribution in [0.25, 0.3) is 0 Å². The summed E-state index contributed by atoms with van der Waals surface area (Å²) in [6.07, 6.45) is 1.70. The van der Waals surface area contributed by atoms with Gasteiger partial charge in [-0.05, 0) is 0 Å². The van der Waals surface area contributed by atoms with Crippen LogP contribution in [0.1, 0.15) is 11.0 Å². The van der Waals surface area contributed by atoms with Crippen LogP contribution in [0.2, 0.25) is 0 Å². The summed E-state index contributed by atoms with van der Waals surface area (Å²) in [6.45, 7) is 1.26. The SMILES string of the molecule is COCCNC(C#N)c1nccs1. The number of nitriles is 1. The van der Waals surface area contributed by atoms with Crippen molar-refractivity contribution in [1.82, 2.24) is 10.3 Å². The molecule has 0 spiro atoms. The Morgan fingerprint density at radius 3 is 3.23 bits per heavy atom. The summed E-state index contributed by atoms with van der Waals surface area (Å²) in [5, 5.41) is 14.5. The number of hydrogen-bond donors (Lipinski definition) is 1. The first-order chi connectivity index (χ1) is 6.38.